The fraction of sp³-hybridized carbons (Fsp3) is 0.471. The molecule has 1 amide bonds. The molecule has 1 atom stereocenters. The van der Waals surface area contributed by atoms with E-state index in [-0.39, 0.29) is 17.7 Å². The summed E-state index contributed by atoms with van der Waals surface area (Å²) in [6, 6.07) is 6.35. The second-order valence-electron chi connectivity index (χ2n) is 5.00. The maximum Gasteiger partial charge on any atom is 0.340 e. The topological polar surface area (TPSA) is 82.1 Å². The zero-order valence-corrected chi connectivity index (χ0v) is 14.2. The van der Waals surface area contributed by atoms with Crippen molar-refractivity contribution in [3.05, 3.63) is 29.8 Å². The van der Waals surface area contributed by atoms with Gasteiger partial charge in [0.15, 0.2) is 0 Å². The molecule has 1 rings (SSSR count). The first-order chi connectivity index (χ1) is 11.6. The number of esters is 2. The van der Waals surface area contributed by atoms with Gasteiger partial charge in [-0.3, -0.25) is 9.59 Å². The summed E-state index contributed by atoms with van der Waals surface area (Å²) < 4.78 is 9.93. The van der Waals surface area contributed by atoms with Crippen LogP contribution >= 0.6 is 0 Å². The molecule has 1 aromatic carbocycles. The normalized spacial score (nSPS) is 11.5. The summed E-state index contributed by atoms with van der Waals surface area (Å²) in [4.78, 5) is 40.4. The van der Waals surface area contributed by atoms with Gasteiger partial charge in [0.1, 0.15) is 0 Å². The van der Waals surface area contributed by atoms with E-state index in [4.69, 9.17) is 14.3 Å². The van der Waals surface area contributed by atoms with Gasteiger partial charge in [-0.2, -0.15) is 5.06 Å². The average molecular weight is 337 g/mol. The lowest BCUT2D eigenvalue weighted by Gasteiger charge is -2.24. The van der Waals surface area contributed by atoms with Crippen molar-refractivity contribution in [3.63, 3.8) is 0 Å². The van der Waals surface area contributed by atoms with Crippen LogP contribution in [0.3, 0.4) is 0 Å². The summed E-state index contributed by atoms with van der Waals surface area (Å²) in [6.45, 7) is 3.76. The van der Waals surface area contributed by atoms with Crippen LogP contribution in [0.5, 0.6) is 0 Å². The van der Waals surface area contributed by atoms with Crippen molar-refractivity contribution >= 4 is 24.0 Å². The van der Waals surface area contributed by atoms with E-state index in [9.17, 15) is 14.4 Å². The molecule has 7 nitrogen and oxygen atoms in total. The minimum atomic E-state index is -0.912. The number of anilines is 1. The molecule has 0 aliphatic heterocycles. The van der Waals surface area contributed by atoms with Gasteiger partial charge >= 0.3 is 11.9 Å². The fourth-order valence-electron chi connectivity index (χ4n) is 1.99. The van der Waals surface area contributed by atoms with Crippen LogP contribution in [0.1, 0.15) is 49.9 Å². The number of ether oxygens (including phenoxy) is 2. The van der Waals surface area contributed by atoms with Crippen LogP contribution in [-0.4, -0.2) is 31.7 Å². The van der Waals surface area contributed by atoms with Crippen molar-refractivity contribution in [2.24, 2.45) is 0 Å². The summed E-state index contributed by atoms with van der Waals surface area (Å²) in [7, 11) is 1.25. The standard InChI is InChI=1S/C17H23NO6/c1-4-8-15(20)23-16(9-5-2)24-18(12-19)14-11-7-6-10-13(14)17(21)22-3/h6-7,10-12,16H,4-5,8-9H2,1-3H3. The first kappa shape index (κ1) is 19.6. The molecule has 0 saturated carbocycles. The zero-order valence-electron chi connectivity index (χ0n) is 14.2. The minimum Gasteiger partial charge on any atom is -0.465 e. The van der Waals surface area contributed by atoms with Crippen molar-refractivity contribution in [1.29, 1.82) is 0 Å². The number of nitrogens with zero attached hydrogens (tertiary/aromatic N) is 1. The number of methoxy groups -OCH3 is 1. The molecule has 0 bridgehead atoms. The number of amides is 1. The van der Waals surface area contributed by atoms with Crippen molar-refractivity contribution in [2.45, 2.75) is 45.8 Å². The Bertz CT molecular complexity index is 560. The summed E-state index contributed by atoms with van der Waals surface area (Å²) in [5, 5.41) is 0.881. The molecule has 1 unspecified atom stereocenters. The quantitative estimate of drug-likeness (QED) is 0.283. The Balaban J connectivity index is 2.97. The SMILES string of the molecule is CCCC(=O)OC(CCC)ON(C=O)c1ccccc1C(=O)OC. The maximum absolute atomic E-state index is 11.8. The lowest BCUT2D eigenvalue weighted by Crippen LogP contribution is -2.33. The third-order valence-corrected chi connectivity index (χ3v) is 3.12. The van der Waals surface area contributed by atoms with Gasteiger partial charge in [-0.05, 0) is 18.6 Å². The van der Waals surface area contributed by atoms with Gasteiger partial charge in [-0.15, -0.1) is 0 Å². The van der Waals surface area contributed by atoms with Gasteiger partial charge in [-0.25, -0.2) is 9.63 Å². The highest BCUT2D eigenvalue weighted by atomic mass is 16.8. The number of benzene rings is 1. The Kier molecular flexibility index (Phi) is 8.49. The number of rotatable bonds is 10. The number of carbonyl (C=O) groups is 3. The van der Waals surface area contributed by atoms with Gasteiger partial charge in [0.05, 0.1) is 18.4 Å². The van der Waals surface area contributed by atoms with Crippen molar-refractivity contribution in [3.8, 4) is 0 Å². The van der Waals surface area contributed by atoms with Crippen molar-refractivity contribution < 1.29 is 28.7 Å². The Morgan fingerprint density at radius 1 is 1.21 bits per heavy atom. The highest BCUT2D eigenvalue weighted by Gasteiger charge is 2.22. The predicted octanol–water partition coefficient (Wildman–Crippen LogP) is 2.84. The monoisotopic (exact) mass is 337 g/mol. The summed E-state index contributed by atoms with van der Waals surface area (Å²) >= 11 is 0. The third kappa shape index (κ3) is 5.66. The van der Waals surface area contributed by atoms with Crippen LogP contribution in [0.15, 0.2) is 24.3 Å². The molecule has 24 heavy (non-hydrogen) atoms. The van der Waals surface area contributed by atoms with E-state index in [1.165, 1.54) is 19.2 Å². The molecule has 7 heteroatoms. The highest BCUT2D eigenvalue weighted by molar-refractivity contribution is 5.97. The molecule has 0 aliphatic carbocycles. The van der Waals surface area contributed by atoms with E-state index >= 15 is 0 Å². The number of hydrogen-bond acceptors (Lipinski definition) is 6. The van der Waals surface area contributed by atoms with Crippen LogP contribution in [-0.2, 0) is 23.9 Å². The molecule has 0 saturated heterocycles. The number of hydroxylamine groups is 1. The zero-order chi connectivity index (χ0) is 17.9. The van der Waals surface area contributed by atoms with E-state index in [0.717, 1.165) is 5.06 Å². The lowest BCUT2D eigenvalue weighted by molar-refractivity contribution is -0.184. The minimum absolute atomic E-state index is 0.169. The molecule has 1 aromatic rings. The number of hydrogen-bond donors (Lipinski definition) is 0. The molecule has 0 fully saturated rings. The maximum atomic E-state index is 11.8. The van der Waals surface area contributed by atoms with E-state index in [2.05, 4.69) is 0 Å². The average Bonchev–Trinajstić information content (AvgIpc) is 2.59. The van der Waals surface area contributed by atoms with Crippen LogP contribution in [0.2, 0.25) is 0 Å². The highest BCUT2D eigenvalue weighted by Crippen LogP contribution is 2.22. The number of para-hydroxylation sites is 1. The number of carbonyl (C=O) groups excluding carboxylic acids is 3. The Labute approximate surface area is 141 Å². The predicted molar refractivity (Wildman–Crippen MR) is 87.1 cm³/mol. The Morgan fingerprint density at radius 3 is 2.50 bits per heavy atom. The smallest absolute Gasteiger partial charge is 0.340 e. The van der Waals surface area contributed by atoms with E-state index in [1.807, 2.05) is 13.8 Å². The Hall–Kier alpha value is -2.41. The molecule has 0 N–H and O–H groups in total. The van der Waals surface area contributed by atoms with Crippen molar-refractivity contribution in [2.75, 3.05) is 12.2 Å². The second-order valence-corrected chi connectivity index (χ2v) is 5.00. The van der Waals surface area contributed by atoms with Gasteiger partial charge in [0.2, 0.25) is 12.7 Å². The Morgan fingerprint density at radius 2 is 1.92 bits per heavy atom. The van der Waals surface area contributed by atoms with Crippen LogP contribution in [0.4, 0.5) is 5.69 Å². The van der Waals surface area contributed by atoms with E-state index in [0.29, 0.717) is 25.7 Å². The summed E-state index contributed by atoms with van der Waals surface area (Å²) in [6.07, 6.45) is 1.53. The first-order valence-corrected chi connectivity index (χ1v) is 7.85. The molecule has 0 spiro atoms. The second kappa shape index (κ2) is 10.4. The third-order valence-electron chi connectivity index (χ3n) is 3.12. The van der Waals surface area contributed by atoms with Gasteiger partial charge < -0.3 is 9.47 Å². The van der Waals surface area contributed by atoms with Gasteiger partial charge in [0, 0.05) is 12.8 Å². The molecule has 0 radical (unpaired) electrons. The molecular weight excluding hydrogens is 314 g/mol. The van der Waals surface area contributed by atoms with E-state index < -0.39 is 18.2 Å². The van der Waals surface area contributed by atoms with Crippen molar-refractivity contribution in [1.82, 2.24) is 0 Å². The van der Waals surface area contributed by atoms with Crippen LogP contribution in [0, 0.1) is 0 Å². The molecule has 0 aromatic heterocycles. The first-order valence-electron chi connectivity index (χ1n) is 7.85. The molecule has 0 aliphatic rings. The van der Waals surface area contributed by atoms with E-state index in [1.54, 1.807) is 12.1 Å². The van der Waals surface area contributed by atoms with Crippen LogP contribution < -0.4 is 5.06 Å². The van der Waals surface area contributed by atoms with Gasteiger partial charge in [-0.1, -0.05) is 32.4 Å². The molecule has 132 valence electrons. The summed E-state index contributed by atoms with van der Waals surface area (Å²) in [5.74, 6) is -1.00. The lowest BCUT2D eigenvalue weighted by atomic mass is 10.2. The summed E-state index contributed by atoms with van der Waals surface area (Å²) in [5.41, 5.74) is 0.384. The molecule has 0 heterocycles. The van der Waals surface area contributed by atoms with Gasteiger partial charge in [0.25, 0.3) is 0 Å². The molecular formula is C17H23NO6. The van der Waals surface area contributed by atoms with Crippen LogP contribution in [0.25, 0.3) is 0 Å². The fourth-order valence-corrected chi connectivity index (χ4v) is 1.99. The largest absolute Gasteiger partial charge is 0.465 e.